The molecule has 0 aliphatic heterocycles. The number of H-pyrrole nitrogens is 1. The molecule has 0 aliphatic rings. The van der Waals surface area contributed by atoms with E-state index in [0.717, 1.165) is 0 Å². The number of carboxylic acid groups (broad SMARTS) is 1. The number of hydrogen-bond acceptors (Lipinski definition) is 15. The number of nitrogens with two attached hydrogens (primary N) is 7. The highest BCUT2D eigenvalue weighted by atomic mass is 32.1. The molecule has 30 nitrogen and oxygen atoms in total. The lowest BCUT2D eigenvalue weighted by Gasteiger charge is -2.29. The molecule has 0 spiro atoms. The van der Waals surface area contributed by atoms with Crippen molar-refractivity contribution in [1.82, 2.24) is 52.5 Å². The van der Waals surface area contributed by atoms with Crippen molar-refractivity contribution >= 4 is 82.4 Å². The van der Waals surface area contributed by atoms with Crippen molar-refractivity contribution in [3.63, 3.8) is 0 Å². The van der Waals surface area contributed by atoms with E-state index in [-0.39, 0.29) is 108 Å². The zero-order valence-corrected chi connectivity index (χ0v) is 47.7. The largest absolute Gasteiger partial charge is 0.480 e. The predicted molar refractivity (Wildman–Crippen MR) is 306 cm³/mol. The molecule has 1 unspecified atom stereocenters. The Hall–Kier alpha value is -8.09. The van der Waals surface area contributed by atoms with Gasteiger partial charge in [0.15, 0.2) is 17.9 Å². The van der Waals surface area contributed by atoms with Crippen LogP contribution < -0.4 is 82.7 Å². The minimum Gasteiger partial charge on any atom is -0.480 e. The molecule has 0 saturated heterocycles. The van der Waals surface area contributed by atoms with E-state index in [9.17, 15) is 48.3 Å². The van der Waals surface area contributed by atoms with Gasteiger partial charge in [0.25, 0.3) is 0 Å². The maximum absolute atomic E-state index is 14.6. The standard InChI is InChI=1S/C50H86N20O10S/c1-27(2)22-36(43(75)66-35(47(79)80)16-10-20-61-50(56)57)69-46(78)39(28(3)4)70-45(77)38(24-31-12-11-21-81-31)68-42(74)34(15-9-19-60-49(54)55)65-44(76)37(23-30-25-58-26-62-30)67-41(73)33(14-8-18-59-48(52)53)64-40(72)32(63-29(5)71)13-6-7-17-51/h11-12,21,25-28,32-39H,6-10,13-20,22-24,51H2,1-5H3,(H,58,62)(H,63,71)(H,64,72)(H,65,76)(H,66,75)(H,67,73)(H,68,74)(H,69,78)(H,70,77)(H,79,80)(H4,52,53,59)(H4,54,55,60)(H4,56,57,61)/t32-,33-,34-,35-,36-,37-,38?,39-/m0/s1. The van der Waals surface area contributed by atoms with Gasteiger partial charge in [-0.15, -0.1) is 11.3 Å². The Balaban J connectivity index is 2.53. The van der Waals surface area contributed by atoms with Gasteiger partial charge in [-0.05, 0) is 94.0 Å². The number of carbonyl (C=O) groups excluding carboxylic acids is 8. The summed E-state index contributed by atoms with van der Waals surface area (Å²) in [6.07, 6.45) is 4.32. The number of carbonyl (C=O) groups is 9. The molecule has 0 saturated carbocycles. The second-order valence-corrected chi connectivity index (χ2v) is 21.0. The highest BCUT2D eigenvalue weighted by Crippen LogP contribution is 2.15. The summed E-state index contributed by atoms with van der Waals surface area (Å²) in [5.74, 6) is -8.65. The Bertz CT molecular complexity index is 2410. The molecule has 452 valence electrons. The van der Waals surface area contributed by atoms with Crippen LogP contribution in [0.15, 0.2) is 45.0 Å². The van der Waals surface area contributed by atoms with Gasteiger partial charge in [-0.25, -0.2) is 9.78 Å². The number of carboxylic acids is 1. The molecule has 0 aromatic carbocycles. The zero-order valence-electron chi connectivity index (χ0n) is 46.8. The number of nitrogens with one attached hydrogen (secondary N) is 9. The lowest BCUT2D eigenvalue weighted by atomic mass is 9.99. The monoisotopic (exact) mass is 1160 g/mol. The summed E-state index contributed by atoms with van der Waals surface area (Å²) in [5.41, 5.74) is 39.0. The molecule has 0 radical (unpaired) electrons. The van der Waals surface area contributed by atoms with Crippen molar-refractivity contribution in [2.24, 2.45) is 66.9 Å². The molecule has 24 N–H and O–H groups in total. The van der Waals surface area contributed by atoms with E-state index in [0.29, 0.717) is 30.0 Å². The van der Waals surface area contributed by atoms with E-state index in [1.165, 1.54) is 30.8 Å². The predicted octanol–water partition coefficient (Wildman–Crippen LogP) is -3.77. The quantitative estimate of drug-likeness (QED) is 0.0174. The number of rotatable bonds is 39. The van der Waals surface area contributed by atoms with Gasteiger partial charge in [-0.3, -0.25) is 53.3 Å². The summed E-state index contributed by atoms with van der Waals surface area (Å²) in [6.45, 7) is 8.75. The summed E-state index contributed by atoms with van der Waals surface area (Å²) >= 11 is 1.29. The molecular formula is C50H86N20O10S. The van der Waals surface area contributed by atoms with Crippen LogP contribution in [0.2, 0.25) is 0 Å². The average molecular weight is 1160 g/mol. The van der Waals surface area contributed by atoms with Gasteiger partial charge < -0.3 is 92.8 Å². The number of hydrogen-bond donors (Lipinski definition) is 17. The minimum absolute atomic E-state index is 0.0174. The van der Waals surface area contributed by atoms with Crippen LogP contribution in [0, 0.1) is 11.8 Å². The molecule has 31 heteroatoms. The third-order valence-corrected chi connectivity index (χ3v) is 13.1. The van der Waals surface area contributed by atoms with E-state index in [1.807, 2.05) is 0 Å². The Labute approximate surface area is 475 Å². The van der Waals surface area contributed by atoms with Crippen molar-refractivity contribution in [1.29, 1.82) is 0 Å². The number of imidazole rings is 1. The fourth-order valence-corrected chi connectivity index (χ4v) is 8.84. The maximum Gasteiger partial charge on any atom is 0.326 e. The van der Waals surface area contributed by atoms with Crippen LogP contribution in [-0.2, 0) is 56.0 Å². The Morgan fingerprint density at radius 3 is 1.43 bits per heavy atom. The maximum atomic E-state index is 14.6. The molecule has 0 bridgehead atoms. The van der Waals surface area contributed by atoms with E-state index >= 15 is 0 Å². The summed E-state index contributed by atoms with van der Waals surface area (Å²) in [4.78, 5) is 143. The van der Waals surface area contributed by atoms with Crippen LogP contribution >= 0.6 is 11.3 Å². The number of aliphatic imine (C=N–C) groups is 3. The van der Waals surface area contributed by atoms with Crippen LogP contribution in [-0.4, -0.2) is 161 Å². The second-order valence-electron chi connectivity index (χ2n) is 20.0. The Morgan fingerprint density at radius 1 is 0.568 bits per heavy atom. The van der Waals surface area contributed by atoms with Crippen LogP contribution in [0.3, 0.4) is 0 Å². The number of aliphatic carboxylic acids is 1. The Kier molecular flexibility index (Phi) is 31.5. The third kappa shape index (κ3) is 28.1. The summed E-state index contributed by atoms with van der Waals surface area (Å²) in [5, 5.41) is 33.0. The summed E-state index contributed by atoms with van der Waals surface area (Å²) in [7, 11) is 0. The Morgan fingerprint density at radius 2 is 1.00 bits per heavy atom. The van der Waals surface area contributed by atoms with Gasteiger partial charge in [0.2, 0.25) is 47.3 Å². The molecule has 8 amide bonds. The zero-order chi connectivity index (χ0) is 60.6. The van der Waals surface area contributed by atoms with Gasteiger partial charge in [-0.1, -0.05) is 33.8 Å². The van der Waals surface area contributed by atoms with Crippen LogP contribution in [0.25, 0.3) is 0 Å². The first kappa shape index (κ1) is 69.0. The molecule has 0 fully saturated rings. The van der Waals surface area contributed by atoms with Crippen molar-refractivity contribution in [3.05, 3.63) is 40.6 Å². The lowest BCUT2D eigenvalue weighted by molar-refractivity contribution is -0.142. The highest BCUT2D eigenvalue weighted by Gasteiger charge is 2.36. The molecule has 2 aromatic heterocycles. The molecule has 2 rings (SSSR count). The van der Waals surface area contributed by atoms with Crippen molar-refractivity contribution < 1.29 is 48.3 Å². The first-order valence-electron chi connectivity index (χ1n) is 26.8. The van der Waals surface area contributed by atoms with Crippen molar-refractivity contribution in [2.45, 2.75) is 160 Å². The number of aromatic nitrogens is 2. The van der Waals surface area contributed by atoms with Crippen molar-refractivity contribution in [2.75, 3.05) is 26.2 Å². The first-order valence-corrected chi connectivity index (χ1v) is 27.7. The number of unbranched alkanes of at least 4 members (excludes halogenated alkanes) is 1. The first-order chi connectivity index (χ1) is 38.3. The van der Waals surface area contributed by atoms with Crippen LogP contribution in [0.5, 0.6) is 0 Å². The molecule has 81 heavy (non-hydrogen) atoms. The van der Waals surface area contributed by atoms with E-state index in [1.54, 1.807) is 45.2 Å². The number of guanidine groups is 3. The molecule has 2 aromatic rings. The number of aromatic amines is 1. The van der Waals surface area contributed by atoms with Gasteiger partial charge >= 0.3 is 5.97 Å². The normalized spacial score (nSPS) is 14.0. The molecule has 0 aliphatic carbocycles. The topological polar surface area (TPSA) is 518 Å². The van der Waals surface area contributed by atoms with Crippen LogP contribution in [0.1, 0.15) is 109 Å². The van der Waals surface area contributed by atoms with Gasteiger partial charge in [0.1, 0.15) is 48.3 Å². The summed E-state index contributed by atoms with van der Waals surface area (Å²) in [6, 6.07) is -6.88. The number of thiophene rings is 1. The van der Waals surface area contributed by atoms with Gasteiger partial charge in [-0.2, -0.15) is 0 Å². The number of amides is 8. The van der Waals surface area contributed by atoms with E-state index < -0.39 is 107 Å². The smallest absolute Gasteiger partial charge is 0.326 e. The molecular weight excluding hydrogens is 1070 g/mol. The molecule has 2 heterocycles. The SMILES string of the molecule is CC(=O)N[C@@H](CCCCN)C(=O)N[C@@H](CCCN=C(N)N)C(=O)N[C@@H](Cc1cnc[nH]1)C(=O)N[C@@H](CCCN=C(N)N)C(=O)NC(Cc1cccs1)C(=O)N[C@H](C(=O)N[C@@H](CC(C)C)C(=O)N[C@@H](CCCN=C(N)N)C(=O)O)C(C)C. The average Bonchev–Trinajstić information content (AvgIpc) is 4.12. The third-order valence-electron chi connectivity index (χ3n) is 12.2. The molecule has 8 atom stereocenters. The second kappa shape index (κ2) is 37.0. The van der Waals surface area contributed by atoms with Crippen LogP contribution in [0.4, 0.5) is 0 Å². The fraction of sp³-hybridized carbons (Fsp3) is 0.620. The van der Waals surface area contributed by atoms with Crippen molar-refractivity contribution in [3.8, 4) is 0 Å². The van der Waals surface area contributed by atoms with E-state index in [2.05, 4.69) is 67.5 Å². The van der Waals surface area contributed by atoms with E-state index in [4.69, 9.17) is 40.1 Å². The summed E-state index contributed by atoms with van der Waals surface area (Å²) < 4.78 is 0. The highest BCUT2D eigenvalue weighted by molar-refractivity contribution is 7.09. The van der Waals surface area contributed by atoms with Gasteiger partial charge in [0.05, 0.1) is 6.33 Å². The van der Waals surface area contributed by atoms with Gasteiger partial charge in [0, 0.05) is 56.2 Å². The fourth-order valence-electron chi connectivity index (χ4n) is 8.09. The number of nitrogens with zero attached hydrogens (tertiary/aromatic N) is 4. The lowest BCUT2D eigenvalue weighted by Crippen LogP contribution is -2.61. The minimum atomic E-state index is -1.43.